The third kappa shape index (κ3) is 3.87. The van der Waals surface area contributed by atoms with E-state index < -0.39 is 30.9 Å². The average Bonchev–Trinajstić information content (AvgIpc) is 2.88. The molecular formula is C17H12F5N3O3. The smallest absolute Gasteiger partial charge is 0.417 e. The number of carboxylic acid groups (broad SMARTS) is 1. The quantitative estimate of drug-likeness (QED) is 0.651. The number of alkyl halides is 5. The van der Waals surface area contributed by atoms with E-state index in [1.807, 2.05) is 0 Å². The summed E-state index contributed by atoms with van der Waals surface area (Å²) < 4.78 is 70.3. The van der Waals surface area contributed by atoms with Gasteiger partial charge < -0.3 is 9.84 Å². The highest BCUT2D eigenvalue weighted by molar-refractivity contribution is 5.86. The van der Waals surface area contributed by atoms with Crippen molar-refractivity contribution in [3.05, 3.63) is 41.6 Å². The topological polar surface area (TPSA) is 77.2 Å². The number of aryl methyl sites for hydroxylation is 1. The minimum atomic E-state index is -4.74. The van der Waals surface area contributed by atoms with Crippen molar-refractivity contribution in [1.29, 1.82) is 0 Å². The number of rotatable bonds is 5. The standard InChI is InChI=1S/C17H12F5N3O3/c1-8-14-11(17(20,21)22)6-12(23-15(14)25(24-8)7-13(26)27)9-2-4-10(5-3-9)28-16(18)19/h2-6,16H,7H2,1H3,(H,26,27). The van der Waals surface area contributed by atoms with Crippen LogP contribution in [-0.4, -0.2) is 32.5 Å². The predicted octanol–water partition coefficient (Wildman–Crippen LogP) is 4.11. The third-order valence-corrected chi connectivity index (χ3v) is 3.84. The number of aliphatic carboxylic acids is 1. The van der Waals surface area contributed by atoms with Gasteiger partial charge in [-0.25, -0.2) is 9.67 Å². The van der Waals surface area contributed by atoms with Gasteiger partial charge in [-0.05, 0) is 37.3 Å². The monoisotopic (exact) mass is 401 g/mol. The molecule has 11 heteroatoms. The summed E-state index contributed by atoms with van der Waals surface area (Å²) in [6, 6.07) is 5.69. The highest BCUT2D eigenvalue weighted by Gasteiger charge is 2.35. The largest absolute Gasteiger partial charge is 0.480 e. The minimum Gasteiger partial charge on any atom is -0.480 e. The van der Waals surface area contributed by atoms with Crippen LogP contribution >= 0.6 is 0 Å². The van der Waals surface area contributed by atoms with Crippen molar-refractivity contribution in [2.24, 2.45) is 0 Å². The Morgan fingerprint density at radius 2 is 1.89 bits per heavy atom. The Bertz CT molecular complexity index is 1030. The molecule has 3 aromatic rings. The van der Waals surface area contributed by atoms with Crippen molar-refractivity contribution in [2.75, 3.05) is 0 Å². The predicted molar refractivity (Wildman–Crippen MR) is 87.0 cm³/mol. The Hall–Kier alpha value is -3.24. The number of fused-ring (bicyclic) bond motifs is 1. The molecule has 0 aliphatic rings. The van der Waals surface area contributed by atoms with Gasteiger partial charge in [-0.3, -0.25) is 4.79 Å². The Morgan fingerprint density at radius 3 is 2.43 bits per heavy atom. The lowest BCUT2D eigenvalue weighted by Crippen LogP contribution is -2.12. The Morgan fingerprint density at radius 1 is 1.25 bits per heavy atom. The Kier molecular flexibility index (Phi) is 4.92. The lowest BCUT2D eigenvalue weighted by molar-refractivity contribution is -0.138. The molecule has 0 fully saturated rings. The number of benzene rings is 1. The lowest BCUT2D eigenvalue weighted by Gasteiger charge is -2.12. The van der Waals surface area contributed by atoms with Gasteiger partial charge in [-0.1, -0.05) is 0 Å². The van der Waals surface area contributed by atoms with E-state index in [0.717, 1.165) is 10.7 Å². The number of hydrogen-bond donors (Lipinski definition) is 1. The maximum atomic E-state index is 13.6. The van der Waals surface area contributed by atoms with Gasteiger partial charge in [0.05, 0.1) is 22.3 Å². The molecule has 0 saturated heterocycles. The van der Waals surface area contributed by atoms with Gasteiger partial charge in [-0.2, -0.15) is 27.1 Å². The summed E-state index contributed by atoms with van der Waals surface area (Å²) in [6.45, 7) is -2.38. The van der Waals surface area contributed by atoms with Crippen LogP contribution in [0.2, 0.25) is 0 Å². The highest BCUT2D eigenvalue weighted by Crippen LogP contribution is 2.38. The van der Waals surface area contributed by atoms with E-state index in [1.165, 1.54) is 31.2 Å². The maximum absolute atomic E-state index is 13.6. The summed E-state index contributed by atoms with van der Waals surface area (Å²) >= 11 is 0. The molecule has 28 heavy (non-hydrogen) atoms. The molecule has 0 spiro atoms. The van der Waals surface area contributed by atoms with Gasteiger partial charge in [0.25, 0.3) is 0 Å². The van der Waals surface area contributed by atoms with Crippen molar-refractivity contribution >= 4 is 17.0 Å². The lowest BCUT2D eigenvalue weighted by atomic mass is 10.1. The van der Waals surface area contributed by atoms with E-state index in [2.05, 4.69) is 14.8 Å². The first-order valence-corrected chi connectivity index (χ1v) is 7.78. The normalized spacial score (nSPS) is 12.0. The van der Waals surface area contributed by atoms with Crippen molar-refractivity contribution in [1.82, 2.24) is 14.8 Å². The average molecular weight is 401 g/mol. The third-order valence-electron chi connectivity index (χ3n) is 3.84. The molecule has 2 aromatic heterocycles. The number of pyridine rings is 1. The summed E-state index contributed by atoms with van der Waals surface area (Å²) in [5.74, 6) is -1.46. The van der Waals surface area contributed by atoms with Gasteiger partial charge in [0.1, 0.15) is 12.3 Å². The minimum absolute atomic E-state index is 0.0108. The van der Waals surface area contributed by atoms with Gasteiger partial charge >= 0.3 is 18.8 Å². The summed E-state index contributed by atoms with van der Waals surface area (Å²) in [5.41, 5.74) is -1.18. The number of hydrogen-bond acceptors (Lipinski definition) is 4. The van der Waals surface area contributed by atoms with Crippen LogP contribution in [-0.2, 0) is 17.5 Å². The fraction of sp³-hybridized carbons (Fsp3) is 0.235. The van der Waals surface area contributed by atoms with E-state index in [0.29, 0.717) is 0 Å². The molecule has 148 valence electrons. The second kappa shape index (κ2) is 7.06. The zero-order chi connectivity index (χ0) is 20.6. The molecule has 1 aromatic carbocycles. The fourth-order valence-electron chi connectivity index (χ4n) is 2.77. The number of carbonyl (C=O) groups is 1. The van der Waals surface area contributed by atoms with Gasteiger partial charge in [0, 0.05) is 5.56 Å². The number of halogens is 5. The van der Waals surface area contributed by atoms with Crippen molar-refractivity contribution in [2.45, 2.75) is 26.3 Å². The molecule has 0 radical (unpaired) electrons. The van der Waals surface area contributed by atoms with E-state index in [1.54, 1.807) is 0 Å². The summed E-state index contributed by atoms with van der Waals surface area (Å²) in [4.78, 5) is 15.1. The Labute approximate surface area is 154 Å². The van der Waals surface area contributed by atoms with Crippen LogP contribution < -0.4 is 4.74 Å². The van der Waals surface area contributed by atoms with Crippen LogP contribution in [0.3, 0.4) is 0 Å². The molecule has 0 aliphatic heterocycles. The first-order valence-electron chi connectivity index (χ1n) is 7.78. The van der Waals surface area contributed by atoms with Crippen LogP contribution in [0, 0.1) is 6.92 Å². The first kappa shape index (κ1) is 19.5. The molecule has 0 atom stereocenters. The van der Waals surface area contributed by atoms with E-state index in [-0.39, 0.29) is 33.7 Å². The molecule has 0 bridgehead atoms. The second-order valence-corrected chi connectivity index (χ2v) is 5.79. The highest BCUT2D eigenvalue weighted by atomic mass is 19.4. The van der Waals surface area contributed by atoms with Crippen LogP contribution in [0.15, 0.2) is 30.3 Å². The molecule has 6 nitrogen and oxygen atoms in total. The molecule has 0 saturated carbocycles. The molecule has 0 unspecified atom stereocenters. The van der Waals surface area contributed by atoms with Crippen LogP contribution in [0.1, 0.15) is 11.3 Å². The number of ether oxygens (including phenoxy) is 1. The first-order chi connectivity index (χ1) is 13.1. The fourth-order valence-corrected chi connectivity index (χ4v) is 2.77. The van der Waals surface area contributed by atoms with Gasteiger partial charge in [-0.15, -0.1) is 0 Å². The van der Waals surface area contributed by atoms with E-state index in [9.17, 15) is 26.7 Å². The maximum Gasteiger partial charge on any atom is 0.417 e. The molecular weight excluding hydrogens is 389 g/mol. The van der Waals surface area contributed by atoms with Gasteiger partial charge in [0.15, 0.2) is 5.65 Å². The molecule has 1 N–H and O–H groups in total. The summed E-state index contributed by atoms with van der Waals surface area (Å²) in [6.07, 6.45) is -4.74. The second-order valence-electron chi connectivity index (χ2n) is 5.79. The molecule has 0 amide bonds. The van der Waals surface area contributed by atoms with E-state index in [4.69, 9.17) is 5.11 Å². The van der Waals surface area contributed by atoms with Crippen molar-refractivity contribution in [3.8, 4) is 17.0 Å². The number of carboxylic acids is 1. The molecule has 0 aliphatic carbocycles. The van der Waals surface area contributed by atoms with Gasteiger partial charge in [0.2, 0.25) is 0 Å². The van der Waals surface area contributed by atoms with Crippen LogP contribution in [0.5, 0.6) is 5.75 Å². The molecule has 2 heterocycles. The summed E-state index contributed by atoms with van der Waals surface area (Å²) in [5, 5.41) is 12.5. The SMILES string of the molecule is Cc1nn(CC(=O)O)c2nc(-c3ccc(OC(F)F)cc3)cc(C(F)(F)F)c12. The van der Waals surface area contributed by atoms with Crippen molar-refractivity contribution < 1.29 is 36.6 Å². The van der Waals surface area contributed by atoms with Crippen LogP contribution in [0.25, 0.3) is 22.3 Å². The zero-order valence-electron chi connectivity index (χ0n) is 14.2. The molecule has 3 rings (SSSR count). The summed E-state index contributed by atoms with van der Waals surface area (Å²) in [7, 11) is 0. The number of aromatic nitrogens is 3. The zero-order valence-corrected chi connectivity index (χ0v) is 14.2. The Balaban J connectivity index is 2.19. The van der Waals surface area contributed by atoms with E-state index >= 15 is 0 Å². The van der Waals surface area contributed by atoms with Crippen molar-refractivity contribution in [3.63, 3.8) is 0 Å². The number of nitrogens with zero attached hydrogens (tertiary/aromatic N) is 3. The van der Waals surface area contributed by atoms with Crippen LogP contribution in [0.4, 0.5) is 22.0 Å².